The molecule has 0 bridgehead atoms. The Hall–Kier alpha value is -1.92. The van der Waals surface area contributed by atoms with Crippen molar-refractivity contribution in [3.63, 3.8) is 0 Å². The molecule has 0 atom stereocenters. The largest absolute Gasteiger partial charge is 0.324 e. The van der Waals surface area contributed by atoms with E-state index in [1.807, 2.05) is 64.1 Å². The van der Waals surface area contributed by atoms with Gasteiger partial charge in [0.15, 0.2) is 0 Å². The maximum absolute atomic E-state index is 12.3. The standard InChI is InChI=1S/C20H20N2O2S2/c1-19(2)11-7-5-9-13(15(11)21-17(19)23)25-26-14-10-6-8-12-16(14)22-18(24)20(12,3)4/h5-10H,1-4H3,(H,21,23)(H,22,24). The molecule has 4 nitrogen and oxygen atoms in total. The molecule has 0 saturated carbocycles. The number of hydrogen-bond donors (Lipinski definition) is 2. The molecule has 2 amide bonds. The van der Waals surface area contributed by atoms with Crippen LogP contribution in [-0.4, -0.2) is 11.8 Å². The molecule has 2 aromatic carbocycles. The highest BCUT2D eigenvalue weighted by Crippen LogP contribution is 2.51. The van der Waals surface area contributed by atoms with Crippen molar-refractivity contribution >= 4 is 44.8 Å². The lowest BCUT2D eigenvalue weighted by Crippen LogP contribution is -2.26. The van der Waals surface area contributed by atoms with Gasteiger partial charge in [-0.1, -0.05) is 45.9 Å². The second kappa shape index (κ2) is 5.79. The minimum Gasteiger partial charge on any atom is -0.324 e. The van der Waals surface area contributed by atoms with Crippen LogP contribution in [-0.2, 0) is 20.4 Å². The summed E-state index contributed by atoms with van der Waals surface area (Å²) in [4.78, 5) is 26.6. The van der Waals surface area contributed by atoms with Crippen molar-refractivity contribution in [3.05, 3.63) is 47.5 Å². The first-order chi connectivity index (χ1) is 12.2. The number of fused-ring (bicyclic) bond motifs is 2. The molecule has 26 heavy (non-hydrogen) atoms. The third-order valence-corrected chi connectivity index (χ3v) is 7.68. The average molecular weight is 385 g/mol. The summed E-state index contributed by atoms with van der Waals surface area (Å²) in [6, 6.07) is 12.0. The Balaban J connectivity index is 1.64. The molecule has 2 aliphatic heterocycles. The summed E-state index contributed by atoms with van der Waals surface area (Å²) in [6.07, 6.45) is 0. The number of nitrogens with one attached hydrogen (secondary N) is 2. The van der Waals surface area contributed by atoms with Crippen molar-refractivity contribution in [2.45, 2.75) is 48.3 Å². The molecule has 0 saturated heterocycles. The third kappa shape index (κ3) is 2.47. The molecular formula is C20H20N2O2S2. The van der Waals surface area contributed by atoms with Gasteiger partial charge in [0.1, 0.15) is 0 Å². The van der Waals surface area contributed by atoms with Crippen LogP contribution >= 0.6 is 21.6 Å². The first kappa shape index (κ1) is 17.5. The molecule has 2 N–H and O–H groups in total. The molecule has 2 aliphatic rings. The highest BCUT2D eigenvalue weighted by atomic mass is 33.1. The van der Waals surface area contributed by atoms with E-state index in [1.165, 1.54) is 0 Å². The number of anilines is 2. The van der Waals surface area contributed by atoms with Crippen LogP contribution in [0.1, 0.15) is 38.8 Å². The number of carbonyl (C=O) groups is 2. The van der Waals surface area contributed by atoms with Gasteiger partial charge in [-0.05, 0) is 51.0 Å². The fourth-order valence-corrected chi connectivity index (χ4v) is 5.68. The van der Waals surface area contributed by atoms with Gasteiger partial charge in [-0.2, -0.15) is 0 Å². The molecule has 0 aromatic heterocycles. The molecule has 0 spiro atoms. The van der Waals surface area contributed by atoms with Crippen molar-refractivity contribution in [1.29, 1.82) is 0 Å². The number of rotatable bonds is 3. The second-order valence-corrected chi connectivity index (χ2v) is 9.90. The van der Waals surface area contributed by atoms with Crippen LogP contribution in [0.5, 0.6) is 0 Å². The van der Waals surface area contributed by atoms with Crippen molar-refractivity contribution in [2.75, 3.05) is 10.6 Å². The van der Waals surface area contributed by atoms with Crippen LogP contribution in [0.15, 0.2) is 46.2 Å². The highest BCUT2D eigenvalue weighted by Gasteiger charge is 2.40. The molecule has 0 aliphatic carbocycles. The molecular weight excluding hydrogens is 364 g/mol. The van der Waals surface area contributed by atoms with Gasteiger partial charge in [0.05, 0.1) is 22.2 Å². The van der Waals surface area contributed by atoms with E-state index in [4.69, 9.17) is 0 Å². The summed E-state index contributed by atoms with van der Waals surface area (Å²) in [6.45, 7) is 7.77. The fraction of sp³-hybridized carbons (Fsp3) is 0.300. The zero-order chi connectivity index (χ0) is 18.7. The second-order valence-electron chi connectivity index (χ2n) is 7.68. The Labute approximate surface area is 160 Å². The van der Waals surface area contributed by atoms with Gasteiger partial charge in [-0.3, -0.25) is 9.59 Å². The molecule has 0 fully saturated rings. The molecule has 0 unspecified atom stereocenters. The zero-order valence-corrected chi connectivity index (χ0v) is 16.7. The molecule has 0 radical (unpaired) electrons. The van der Waals surface area contributed by atoms with Crippen LogP contribution < -0.4 is 10.6 Å². The van der Waals surface area contributed by atoms with Crippen LogP contribution in [0.2, 0.25) is 0 Å². The van der Waals surface area contributed by atoms with E-state index in [9.17, 15) is 9.59 Å². The van der Waals surface area contributed by atoms with Crippen molar-refractivity contribution < 1.29 is 9.59 Å². The lowest BCUT2D eigenvalue weighted by atomic mass is 9.86. The van der Waals surface area contributed by atoms with E-state index >= 15 is 0 Å². The number of carbonyl (C=O) groups excluding carboxylic acids is 2. The predicted octanol–water partition coefficient (Wildman–Crippen LogP) is 4.95. The van der Waals surface area contributed by atoms with Crippen molar-refractivity contribution in [3.8, 4) is 0 Å². The number of para-hydroxylation sites is 2. The molecule has 2 aromatic rings. The maximum atomic E-state index is 12.3. The van der Waals surface area contributed by atoms with E-state index in [1.54, 1.807) is 21.6 Å². The van der Waals surface area contributed by atoms with Crippen LogP contribution in [0.4, 0.5) is 11.4 Å². The molecule has 4 rings (SSSR count). The van der Waals surface area contributed by atoms with Crippen LogP contribution in [0, 0.1) is 0 Å². The summed E-state index contributed by atoms with van der Waals surface area (Å²) >= 11 is 0. The fourth-order valence-electron chi connectivity index (χ4n) is 3.37. The summed E-state index contributed by atoms with van der Waals surface area (Å²) in [7, 11) is 3.20. The van der Waals surface area contributed by atoms with E-state index in [2.05, 4.69) is 10.6 Å². The number of benzene rings is 2. The van der Waals surface area contributed by atoms with Crippen molar-refractivity contribution in [1.82, 2.24) is 0 Å². The van der Waals surface area contributed by atoms with E-state index < -0.39 is 10.8 Å². The van der Waals surface area contributed by atoms with Gasteiger partial charge in [0.25, 0.3) is 0 Å². The Morgan fingerprint density at radius 3 is 1.46 bits per heavy atom. The highest BCUT2D eigenvalue weighted by molar-refractivity contribution is 8.76. The maximum Gasteiger partial charge on any atom is 0.234 e. The Morgan fingerprint density at radius 2 is 1.08 bits per heavy atom. The van der Waals surface area contributed by atoms with E-state index in [0.29, 0.717) is 0 Å². The lowest BCUT2D eigenvalue weighted by molar-refractivity contribution is -0.120. The first-order valence-corrected chi connectivity index (χ1v) is 10.6. The van der Waals surface area contributed by atoms with Gasteiger partial charge < -0.3 is 10.6 Å². The summed E-state index contributed by atoms with van der Waals surface area (Å²) in [5.74, 6) is 0.0559. The Morgan fingerprint density at radius 1 is 0.692 bits per heavy atom. The van der Waals surface area contributed by atoms with Gasteiger partial charge >= 0.3 is 0 Å². The normalized spacial score (nSPS) is 18.9. The van der Waals surface area contributed by atoms with E-state index in [-0.39, 0.29) is 11.8 Å². The average Bonchev–Trinajstić information content (AvgIpc) is 2.97. The summed E-state index contributed by atoms with van der Waals surface area (Å²) in [5.41, 5.74) is 2.83. The lowest BCUT2D eigenvalue weighted by Gasteiger charge is -2.15. The smallest absolute Gasteiger partial charge is 0.234 e. The van der Waals surface area contributed by atoms with Gasteiger partial charge in [-0.25, -0.2) is 0 Å². The summed E-state index contributed by atoms with van der Waals surface area (Å²) in [5, 5.41) is 6.04. The van der Waals surface area contributed by atoms with Crippen molar-refractivity contribution in [2.24, 2.45) is 0 Å². The SMILES string of the molecule is CC1(C)C(=O)Nc2c(SSc3cccc4c3NC(=O)C4(C)C)cccc21. The van der Waals surface area contributed by atoms with Gasteiger partial charge in [0, 0.05) is 9.79 Å². The minimum atomic E-state index is -0.511. The minimum absolute atomic E-state index is 0.0279. The Bertz CT molecular complexity index is 873. The van der Waals surface area contributed by atoms with Crippen LogP contribution in [0.3, 0.4) is 0 Å². The Kier molecular flexibility index (Phi) is 3.90. The van der Waals surface area contributed by atoms with Gasteiger partial charge in [-0.15, -0.1) is 0 Å². The van der Waals surface area contributed by atoms with E-state index in [0.717, 1.165) is 32.3 Å². The quantitative estimate of drug-likeness (QED) is 0.736. The third-order valence-electron chi connectivity index (χ3n) is 5.23. The van der Waals surface area contributed by atoms with Gasteiger partial charge in [0.2, 0.25) is 11.8 Å². The summed E-state index contributed by atoms with van der Waals surface area (Å²) < 4.78 is 0. The number of hydrogen-bond acceptors (Lipinski definition) is 4. The zero-order valence-electron chi connectivity index (χ0n) is 15.1. The molecule has 2 heterocycles. The van der Waals surface area contributed by atoms with Crippen LogP contribution in [0.25, 0.3) is 0 Å². The first-order valence-electron chi connectivity index (χ1n) is 8.47. The molecule has 6 heteroatoms. The number of amides is 2. The monoisotopic (exact) mass is 384 g/mol. The molecule has 134 valence electrons. The topological polar surface area (TPSA) is 58.2 Å². The predicted molar refractivity (Wildman–Crippen MR) is 108 cm³/mol.